The summed E-state index contributed by atoms with van der Waals surface area (Å²) in [6, 6.07) is 6.47. The Bertz CT molecular complexity index is 354. The number of aryl methyl sites for hydroxylation is 1. The van der Waals surface area contributed by atoms with Crippen LogP contribution < -0.4 is 4.74 Å². The van der Waals surface area contributed by atoms with E-state index in [1.165, 1.54) is 11.1 Å². The first-order valence-corrected chi connectivity index (χ1v) is 5.45. The van der Waals surface area contributed by atoms with Crippen molar-refractivity contribution < 1.29 is 9.47 Å². The number of hydrogen-bond acceptors (Lipinski definition) is 2. The van der Waals surface area contributed by atoms with Crippen molar-refractivity contribution in [3.05, 3.63) is 29.3 Å². The molecule has 0 unspecified atom stereocenters. The monoisotopic (exact) mass is 206 g/mol. The third-order valence-electron chi connectivity index (χ3n) is 3.20. The highest BCUT2D eigenvalue weighted by atomic mass is 16.5. The highest BCUT2D eigenvalue weighted by Crippen LogP contribution is 2.34. The first-order valence-electron chi connectivity index (χ1n) is 5.45. The zero-order valence-corrected chi connectivity index (χ0v) is 9.67. The molecule has 0 spiro atoms. The molecular formula is C13H18O2. The fourth-order valence-corrected chi connectivity index (χ4v) is 2.01. The molecule has 0 saturated carbocycles. The molecule has 0 N–H and O–H groups in total. The lowest BCUT2D eigenvalue weighted by atomic mass is 9.80. The maximum Gasteiger partial charge on any atom is 0.122 e. The Morgan fingerprint density at radius 3 is 2.60 bits per heavy atom. The highest BCUT2D eigenvalue weighted by molar-refractivity contribution is 5.40. The van der Waals surface area contributed by atoms with Gasteiger partial charge in [-0.05, 0) is 23.6 Å². The zero-order chi connectivity index (χ0) is 10.9. The first-order chi connectivity index (χ1) is 7.19. The third-order valence-corrected chi connectivity index (χ3v) is 3.20. The van der Waals surface area contributed by atoms with Crippen molar-refractivity contribution >= 4 is 0 Å². The molecule has 2 rings (SSSR count). The molecule has 82 valence electrons. The summed E-state index contributed by atoms with van der Waals surface area (Å²) in [7, 11) is 1.72. The highest BCUT2D eigenvalue weighted by Gasteiger charge is 2.35. The predicted octanol–water partition coefficient (Wildman–Crippen LogP) is 2.55. The summed E-state index contributed by atoms with van der Waals surface area (Å²) < 4.78 is 10.6. The summed E-state index contributed by atoms with van der Waals surface area (Å²) in [5, 5.41) is 0. The molecule has 0 amide bonds. The van der Waals surface area contributed by atoms with Crippen LogP contribution in [0.5, 0.6) is 5.75 Å². The van der Waals surface area contributed by atoms with E-state index < -0.39 is 0 Å². The quantitative estimate of drug-likeness (QED) is 0.756. The Labute approximate surface area is 91.2 Å². The molecule has 0 aliphatic carbocycles. The molecule has 0 aromatic heterocycles. The van der Waals surface area contributed by atoms with E-state index >= 15 is 0 Å². The van der Waals surface area contributed by atoms with Gasteiger partial charge < -0.3 is 9.47 Å². The molecule has 2 heteroatoms. The largest absolute Gasteiger partial charge is 0.496 e. The summed E-state index contributed by atoms with van der Waals surface area (Å²) in [4.78, 5) is 0. The van der Waals surface area contributed by atoms with E-state index in [2.05, 4.69) is 32.0 Å². The Kier molecular flexibility index (Phi) is 2.70. The Hall–Kier alpha value is -1.02. The van der Waals surface area contributed by atoms with E-state index in [1.54, 1.807) is 7.11 Å². The fraction of sp³-hybridized carbons (Fsp3) is 0.538. The van der Waals surface area contributed by atoms with Crippen LogP contribution in [0.1, 0.15) is 25.0 Å². The second-order valence-electron chi connectivity index (χ2n) is 4.43. The summed E-state index contributed by atoms with van der Waals surface area (Å²) >= 11 is 0. The van der Waals surface area contributed by atoms with Gasteiger partial charge >= 0.3 is 0 Å². The fourth-order valence-electron chi connectivity index (χ4n) is 2.01. The van der Waals surface area contributed by atoms with Crippen molar-refractivity contribution in [2.45, 2.75) is 25.7 Å². The van der Waals surface area contributed by atoms with Crippen molar-refractivity contribution in [1.29, 1.82) is 0 Å². The minimum Gasteiger partial charge on any atom is -0.496 e. The molecule has 2 nitrogen and oxygen atoms in total. The van der Waals surface area contributed by atoms with Gasteiger partial charge in [-0.3, -0.25) is 0 Å². The van der Waals surface area contributed by atoms with Crippen LogP contribution in [0.3, 0.4) is 0 Å². The van der Waals surface area contributed by atoms with E-state index in [0.717, 1.165) is 25.4 Å². The molecule has 1 fully saturated rings. The van der Waals surface area contributed by atoms with Gasteiger partial charge in [0, 0.05) is 5.41 Å². The molecule has 1 heterocycles. The van der Waals surface area contributed by atoms with E-state index in [-0.39, 0.29) is 5.41 Å². The lowest BCUT2D eigenvalue weighted by molar-refractivity contribution is -0.0500. The molecule has 0 bridgehead atoms. The van der Waals surface area contributed by atoms with E-state index in [4.69, 9.17) is 9.47 Å². The summed E-state index contributed by atoms with van der Waals surface area (Å²) in [6.07, 6.45) is 1.01. The third kappa shape index (κ3) is 1.74. The molecule has 0 radical (unpaired) electrons. The standard InChI is InChI=1S/C13H18O2/c1-4-10-7-11(5-6-12(10)14-3)13(2)8-15-9-13/h5-7H,4,8-9H2,1-3H3. The van der Waals surface area contributed by atoms with E-state index in [1.807, 2.05) is 0 Å². The van der Waals surface area contributed by atoms with Crippen LogP contribution in [0.2, 0.25) is 0 Å². The molecule has 1 aliphatic heterocycles. The van der Waals surface area contributed by atoms with Crippen molar-refractivity contribution in [3.8, 4) is 5.75 Å². The van der Waals surface area contributed by atoms with Gasteiger partial charge in [-0.25, -0.2) is 0 Å². The second kappa shape index (κ2) is 3.86. The SMILES string of the molecule is CCc1cc(C2(C)COC2)ccc1OC. The van der Waals surface area contributed by atoms with Gasteiger partial charge in [0.25, 0.3) is 0 Å². The zero-order valence-electron chi connectivity index (χ0n) is 9.67. The molecule has 1 aromatic rings. The first kappa shape index (κ1) is 10.5. The number of ether oxygens (including phenoxy) is 2. The van der Waals surface area contributed by atoms with Crippen LogP contribution in [-0.4, -0.2) is 20.3 Å². The summed E-state index contributed by atoms with van der Waals surface area (Å²) in [5.74, 6) is 0.991. The maximum atomic E-state index is 5.32. The van der Waals surface area contributed by atoms with Crippen molar-refractivity contribution in [1.82, 2.24) is 0 Å². The molecule has 1 aromatic carbocycles. The summed E-state index contributed by atoms with van der Waals surface area (Å²) in [6.45, 7) is 6.07. The normalized spacial score (nSPS) is 18.3. The Balaban J connectivity index is 2.34. The van der Waals surface area contributed by atoms with Gasteiger partial charge in [-0.1, -0.05) is 26.0 Å². The van der Waals surface area contributed by atoms with Crippen LogP contribution in [0.15, 0.2) is 18.2 Å². The van der Waals surface area contributed by atoms with Crippen LogP contribution >= 0.6 is 0 Å². The maximum absolute atomic E-state index is 5.32. The van der Waals surface area contributed by atoms with Crippen LogP contribution in [-0.2, 0) is 16.6 Å². The van der Waals surface area contributed by atoms with Gasteiger partial charge in [0.05, 0.1) is 20.3 Å². The molecule has 1 saturated heterocycles. The molecule has 1 aliphatic rings. The molecular weight excluding hydrogens is 188 g/mol. The summed E-state index contributed by atoms with van der Waals surface area (Å²) in [5.41, 5.74) is 2.87. The minimum atomic E-state index is 0.218. The van der Waals surface area contributed by atoms with Gasteiger partial charge in [0.2, 0.25) is 0 Å². The number of rotatable bonds is 3. The van der Waals surface area contributed by atoms with E-state index in [0.29, 0.717) is 0 Å². The smallest absolute Gasteiger partial charge is 0.122 e. The Morgan fingerprint density at radius 1 is 1.40 bits per heavy atom. The van der Waals surface area contributed by atoms with Crippen LogP contribution in [0.4, 0.5) is 0 Å². The topological polar surface area (TPSA) is 18.5 Å². The van der Waals surface area contributed by atoms with Gasteiger partial charge in [-0.2, -0.15) is 0 Å². The molecule has 15 heavy (non-hydrogen) atoms. The van der Waals surface area contributed by atoms with E-state index in [9.17, 15) is 0 Å². The minimum absolute atomic E-state index is 0.218. The van der Waals surface area contributed by atoms with Crippen LogP contribution in [0.25, 0.3) is 0 Å². The predicted molar refractivity (Wildman–Crippen MR) is 60.5 cm³/mol. The lowest BCUT2D eigenvalue weighted by Crippen LogP contribution is -2.43. The Morgan fingerprint density at radius 2 is 2.13 bits per heavy atom. The lowest BCUT2D eigenvalue weighted by Gasteiger charge is -2.38. The van der Waals surface area contributed by atoms with Gasteiger partial charge in [0.15, 0.2) is 0 Å². The van der Waals surface area contributed by atoms with Crippen molar-refractivity contribution in [2.75, 3.05) is 20.3 Å². The average Bonchev–Trinajstić information content (AvgIpc) is 2.25. The van der Waals surface area contributed by atoms with Crippen molar-refractivity contribution in [2.24, 2.45) is 0 Å². The second-order valence-corrected chi connectivity index (χ2v) is 4.43. The van der Waals surface area contributed by atoms with Crippen LogP contribution in [0, 0.1) is 0 Å². The van der Waals surface area contributed by atoms with Gasteiger partial charge in [0.1, 0.15) is 5.75 Å². The van der Waals surface area contributed by atoms with Crippen molar-refractivity contribution in [3.63, 3.8) is 0 Å². The van der Waals surface area contributed by atoms with Gasteiger partial charge in [-0.15, -0.1) is 0 Å². The number of methoxy groups -OCH3 is 1. The average molecular weight is 206 g/mol. The molecule has 0 atom stereocenters. The number of hydrogen-bond donors (Lipinski definition) is 0. The number of benzene rings is 1.